The van der Waals surface area contributed by atoms with Crippen LogP contribution in [0, 0.1) is 0 Å². The average molecular weight is 283 g/mol. The number of anilines is 3. The van der Waals surface area contributed by atoms with Crippen LogP contribution >= 0.6 is 0 Å². The van der Waals surface area contributed by atoms with Crippen molar-refractivity contribution in [3.05, 3.63) is 48.0 Å². The average Bonchev–Trinajstić information content (AvgIpc) is 2.49. The molecule has 0 aromatic heterocycles. The zero-order chi connectivity index (χ0) is 14.8. The number of benzene rings is 2. The number of hydrogen-bond acceptors (Lipinski definition) is 4. The Balaban J connectivity index is 1.87. The molecule has 0 bridgehead atoms. The third kappa shape index (κ3) is 2.64. The molecule has 21 heavy (non-hydrogen) atoms. The molecular weight excluding hydrogens is 270 g/mol. The van der Waals surface area contributed by atoms with Crippen LogP contribution in [-0.2, 0) is 4.79 Å². The van der Waals surface area contributed by atoms with Gasteiger partial charge in [0.2, 0.25) is 0 Å². The first-order chi connectivity index (χ1) is 10.1. The van der Waals surface area contributed by atoms with Gasteiger partial charge in [0.15, 0.2) is 6.61 Å². The van der Waals surface area contributed by atoms with Gasteiger partial charge < -0.3 is 21.1 Å². The molecule has 106 valence electrons. The second kappa shape index (κ2) is 5.16. The third-order valence-electron chi connectivity index (χ3n) is 3.07. The van der Waals surface area contributed by atoms with E-state index in [1.165, 1.54) is 0 Å². The van der Waals surface area contributed by atoms with Crippen LogP contribution in [0.15, 0.2) is 42.5 Å². The van der Waals surface area contributed by atoms with Gasteiger partial charge in [0.25, 0.3) is 11.8 Å². The Kier molecular flexibility index (Phi) is 3.19. The highest BCUT2D eigenvalue weighted by molar-refractivity contribution is 6.07. The van der Waals surface area contributed by atoms with Crippen molar-refractivity contribution in [2.75, 3.05) is 23.0 Å². The highest BCUT2D eigenvalue weighted by atomic mass is 16.5. The quantitative estimate of drug-likeness (QED) is 0.733. The Labute approximate surface area is 120 Å². The van der Waals surface area contributed by atoms with Gasteiger partial charge in [0, 0.05) is 11.6 Å². The molecule has 1 heterocycles. The van der Waals surface area contributed by atoms with E-state index in [0.717, 1.165) is 0 Å². The first-order valence-corrected chi connectivity index (χ1v) is 6.36. The third-order valence-corrected chi connectivity index (χ3v) is 3.07. The van der Waals surface area contributed by atoms with E-state index >= 15 is 0 Å². The molecule has 0 atom stereocenters. The zero-order valence-corrected chi connectivity index (χ0v) is 11.1. The Morgan fingerprint density at radius 3 is 2.76 bits per heavy atom. The van der Waals surface area contributed by atoms with Crippen molar-refractivity contribution in [3.8, 4) is 5.75 Å². The van der Waals surface area contributed by atoms with Crippen molar-refractivity contribution in [1.82, 2.24) is 0 Å². The Hall–Kier alpha value is -3.02. The molecule has 6 nitrogen and oxygen atoms in total. The first kappa shape index (κ1) is 13.0. The molecule has 4 N–H and O–H groups in total. The Morgan fingerprint density at radius 2 is 2.00 bits per heavy atom. The number of amides is 2. The van der Waals surface area contributed by atoms with Crippen molar-refractivity contribution in [3.63, 3.8) is 0 Å². The number of nitrogens with two attached hydrogens (primary N) is 1. The van der Waals surface area contributed by atoms with Gasteiger partial charge >= 0.3 is 0 Å². The fourth-order valence-corrected chi connectivity index (χ4v) is 2.03. The van der Waals surface area contributed by atoms with Crippen molar-refractivity contribution >= 4 is 28.9 Å². The predicted octanol–water partition coefficient (Wildman–Crippen LogP) is 1.85. The van der Waals surface area contributed by atoms with E-state index < -0.39 is 0 Å². The van der Waals surface area contributed by atoms with E-state index in [1.807, 2.05) is 6.07 Å². The molecule has 2 amide bonds. The lowest BCUT2D eigenvalue weighted by atomic mass is 10.1. The minimum Gasteiger partial charge on any atom is -0.482 e. The Bertz CT molecular complexity index is 714. The summed E-state index contributed by atoms with van der Waals surface area (Å²) in [5, 5.41) is 5.39. The first-order valence-electron chi connectivity index (χ1n) is 6.36. The largest absolute Gasteiger partial charge is 0.482 e. The van der Waals surface area contributed by atoms with Gasteiger partial charge in [-0.3, -0.25) is 9.59 Å². The molecule has 2 aromatic carbocycles. The maximum Gasteiger partial charge on any atom is 0.262 e. The van der Waals surface area contributed by atoms with Crippen LogP contribution in [0.1, 0.15) is 10.4 Å². The minimum absolute atomic E-state index is 0.0395. The standard InChI is InChI=1S/C15H13N3O3/c16-10-6-13-12(17-14(19)8-21-13)7-11(10)18-15(20)9-4-2-1-3-5-9/h1-7H,8,16H2,(H,17,19)(H,18,20). The van der Waals surface area contributed by atoms with Crippen LogP contribution in [0.4, 0.5) is 17.1 Å². The molecule has 0 aliphatic carbocycles. The fourth-order valence-electron chi connectivity index (χ4n) is 2.03. The molecule has 1 aliphatic heterocycles. The molecule has 0 spiro atoms. The molecule has 1 aliphatic rings. The van der Waals surface area contributed by atoms with Crippen LogP contribution in [0.2, 0.25) is 0 Å². The molecule has 3 rings (SSSR count). The summed E-state index contributed by atoms with van der Waals surface area (Å²) in [6.07, 6.45) is 0. The lowest BCUT2D eigenvalue weighted by molar-refractivity contribution is -0.118. The predicted molar refractivity (Wildman–Crippen MR) is 79.4 cm³/mol. The van der Waals surface area contributed by atoms with E-state index in [-0.39, 0.29) is 18.4 Å². The second-order valence-corrected chi connectivity index (χ2v) is 4.59. The van der Waals surface area contributed by atoms with Gasteiger partial charge in [-0.05, 0) is 18.2 Å². The van der Waals surface area contributed by atoms with Crippen molar-refractivity contribution in [2.45, 2.75) is 0 Å². The monoisotopic (exact) mass is 283 g/mol. The summed E-state index contributed by atoms with van der Waals surface area (Å²) >= 11 is 0. The number of nitrogen functional groups attached to an aromatic ring is 1. The lowest BCUT2D eigenvalue weighted by Crippen LogP contribution is -2.25. The van der Waals surface area contributed by atoms with Crippen LogP contribution < -0.4 is 21.1 Å². The topological polar surface area (TPSA) is 93.5 Å². The molecule has 0 fully saturated rings. The van der Waals surface area contributed by atoms with Gasteiger partial charge in [-0.25, -0.2) is 0 Å². The fraction of sp³-hybridized carbons (Fsp3) is 0.0667. The van der Waals surface area contributed by atoms with Crippen LogP contribution in [0.5, 0.6) is 5.75 Å². The summed E-state index contributed by atoms with van der Waals surface area (Å²) in [4.78, 5) is 23.4. The maximum absolute atomic E-state index is 12.1. The molecule has 0 radical (unpaired) electrons. The van der Waals surface area contributed by atoms with E-state index in [2.05, 4.69) is 10.6 Å². The number of carbonyl (C=O) groups is 2. The molecule has 6 heteroatoms. The van der Waals surface area contributed by atoms with Crippen molar-refractivity contribution < 1.29 is 14.3 Å². The number of nitrogens with one attached hydrogen (secondary N) is 2. The van der Waals surface area contributed by atoms with Gasteiger partial charge in [-0.1, -0.05) is 18.2 Å². The molecule has 0 saturated heterocycles. The second-order valence-electron chi connectivity index (χ2n) is 4.59. The Morgan fingerprint density at radius 1 is 1.24 bits per heavy atom. The summed E-state index contributed by atoms with van der Waals surface area (Å²) in [5.74, 6) is -0.0253. The number of ether oxygens (including phenoxy) is 1. The van der Waals surface area contributed by atoms with E-state index in [1.54, 1.807) is 36.4 Å². The van der Waals surface area contributed by atoms with Gasteiger partial charge in [0.1, 0.15) is 5.75 Å². The van der Waals surface area contributed by atoms with E-state index in [9.17, 15) is 9.59 Å². The number of hydrogen-bond donors (Lipinski definition) is 3. The number of fused-ring (bicyclic) bond motifs is 1. The van der Waals surface area contributed by atoms with Gasteiger partial charge in [0.05, 0.1) is 17.1 Å². The van der Waals surface area contributed by atoms with Crippen LogP contribution in [0.3, 0.4) is 0 Å². The molecular formula is C15H13N3O3. The van der Waals surface area contributed by atoms with Crippen LogP contribution in [-0.4, -0.2) is 18.4 Å². The highest BCUT2D eigenvalue weighted by Gasteiger charge is 2.18. The number of carbonyl (C=O) groups excluding carboxylic acids is 2. The summed E-state index contributed by atoms with van der Waals surface area (Å²) in [6.45, 7) is -0.0395. The van der Waals surface area contributed by atoms with E-state index in [4.69, 9.17) is 10.5 Å². The minimum atomic E-state index is -0.273. The number of rotatable bonds is 2. The zero-order valence-electron chi connectivity index (χ0n) is 11.1. The summed E-state index contributed by atoms with van der Waals surface area (Å²) in [5.41, 5.74) is 7.70. The van der Waals surface area contributed by atoms with Crippen molar-refractivity contribution in [1.29, 1.82) is 0 Å². The lowest BCUT2D eigenvalue weighted by Gasteiger charge is -2.20. The summed E-state index contributed by atoms with van der Waals surface area (Å²) in [7, 11) is 0. The molecule has 0 saturated carbocycles. The van der Waals surface area contributed by atoms with E-state index in [0.29, 0.717) is 28.4 Å². The molecule has 0 unspecified atom stereocenters. The summed E-state index contributed by atoms with van der Waals surface area (Å²) < 4.78 is 5.26. The molecule has 2 aromatic rings. The van der Waals surface area contributed by atoms with Gasteiger partial charge in [-0.2, -0.15) is 0 Å². The maximum atomic E-state index is 12.1. The normalized spacial score (nSPS) is 12.9. The highest BCUT2D eigenvalue weighted by Crippen LogP contribution is 2.35. The smallest absolute Gasteiger partial charge is 0.262 e. The SMILES string of the molecule is Nc1cc2c(cc1NC(=O)c1ccccc1)NC(=O)CO2. The van der Waals surface area contributed by atoms with Gasteiger partial charge in [-0.15, -0.1) is 0 Å². The van der Waals surface area contributed by atoms with Crippen LogP contribution in [0.25, 0.3) is 0 Å². The summed E-state index contributed by atoms with van der Waals surface area (Å²) in [6, 6.07) is 12.0. The van der Waals surface area contributed by atoms with Crippen molar-refractivity contribution in [2.24, 2.45) is 0 Å².